The zero-order valence-electron chi connectivity index (χ0n) is 19.8. The summed E-state index contributed by atoms with van der Waals surface area (Å²) in [6.45, 7) is 1.58. The maximum Gasteiger partial charge on any atom is 0.304 e. The van der Waals surface area contributed by atoms with Crippen LogP contribution >= 0.6 is 0 Å². The molecule has 9 nitrogen and oxygen atoms in total. The minimum absolute atomic E-state index is 0.219. The standard InChI is InChI=1S/C26H28N6O3S/c33-36(34,31-7-9-35-10-8-31)32-22-6-5-21-19(14-28-30-21)25(22)23-15-1-2-16(11-15)24(23)26(32)17-3-4-20-18(12-17)13-27-29-20/h3-6,12-16,23-24,26H,1-2,7-11H2,(H,27,29)(H,28,30)/t15?,16?,23-,24+,26-/m0/s1. The number of nitrogens with one attached hydrogen (secondary N) is 2. The number of H-pyrrole nitrogens is 2. The van der Waals surface area contributed by atoms with Gasteiger partial charge in [0.25, 0.3) is 0 Å². The van der Waals surface area contributed by atoms with Crippen LogP contribution in [0.2, 0.25) is 0 Å². The summed E-state index contributed by atoms with van der Waals surface area (Å²) in [4.78, 5) is 0. The minimum atomic E-state index is -3.81. The minimum Gasteiger partial charge on any atom is -0.379 e. The van der Waals surface area contributed by atoms with Crippen molar-refractivity contribution in [2.75, 3.05) is 30.6 Å². The summed E-state index contributed by atoms with van der Waals surface area (Å²) in [5.41, 5.74) is 4.94. The molecule has 2 aromatic heterocycles. The fourth-order valence-electron chi connectivity index (χ4n) is 7.77. The molecule has 2 aromatic carbocycles. The first-order chi connectivity index (χ1) is 17.6. The maximum absolute atomic E-state index is 14.5. The van der Waals surface area contributed by atoms with E-state index < -0.39 is 10.2 Å². The first-order valence-electron chi connectivity index (χ1n) is 12.9. The van der Waals surface area contributed by atoms with Gasteiger partial charge in [-0.05, 0) is 78.3 Å². The molecule has 36 heavy (non-hydrogen) atoms. The monoisotopic (exact) mass is 504 g/mol. The third kappa shape index (κ3) is 2.80. The normalized spacial score (nSPS) is 30.2. The van der Waals surface area contributed by atoms with Gasteiger partial charge in [-0.2, -0.15) is 22.9 Å². The van der Waals surface area contributed by atoms with Crippen LogP contribution in [-0.2, 0) is 14.9 Å². The first-order valence-corrected chi connectivity index (χ1v) is 14.3. The van der Waals surface area contributed by atoms with E-state index in [1.807, 2.05) is 30.6 Å². The Morgan fingerprint density at radius 3 is 2.61 bits per heavy atom. The van der Waals surface area contributed by atoms with Crippen molar-refractivity contribution in [3.63, 3.8) is 0 Å². The van der Waals surface area contributed by atoms with E-state index in [0.717, 1.165) is 38.6 Å². The summed E-state index contributed by atoms with van der Waals surface area (Å²) in [5, 5.41) is 16.8. The summed E-state index contributed by atoms with van der Waals surface area (Å²) in [6.07, 6.45) is 7.25. The van der Waals surface area contributed by atoms with Crippen LogP contribution in [0.4, 0.5) is 5.69 Å². The number of rotatable bonds is 3. The fraction of sp³-hybridized carbons (Fsp3) is 0.462. The summed E-state index contributed by atoms with van der Waals surface area (Å²) >= 11 is 0. The lowest BCUT2D eigenvalue weighted by molar-refractivity contribution is 0.0725. The molecule has 10 heteroatoms. The van der Waals surface area contributed by atoms with Gasteiger partial charge in [-0.15, -0.1) is 0 Å². The molecule has 1 saturated heterocycles. The molecule has 2 bridgehead atoms. The lowest BCUT2D eigenvalue weighted by Gasteiger charge is -2.50. The molecule has 4 heterocycles. The molecule has 4 aromatic rings. The summed E-state index contributed by atoms with van der Waals surface area (Å²) in [6, 6.07) is 9.97. The lowest BCUT2D eigenvalue weighted by Crippen LogP contribution is -2.54. The van der Waals surface area contributed by atoms with Crippen LogP contribution in [-0.4, -0.2) is 59.4 Å². The van der Waals surface area contributed by atoms with Gasteiger partial charge >= 0.3 is 10.2 Å². The number of fused-ring (bicyclic) bond motifs is 10. The largest absolute Gasteiger partial charge is 0.379 e. The van der Waals surface area contributed by atoms with Crippen LogP contribution < -0.4 is 4.31 Å². The zero-order valence-corrected chi connectivity index (χ0v) is 20.6. The molecule has 2 saturated carbocycles. The van der Waals surface area contributed by atoms with Gasteiger partial charge in [0.1, 0.15) is 0 Å². The Hall–Kier alpha value is -2.95. The molecular formula is C26H28N6O3S. The highest BCUT2D eigenvalue weighted by atomic mass is 32.2. The molecule has 5 atom stereocenters. The molecule has 0 spiro atoms. The van der Waals surface area contributed by atoms with Gasteiger partial charge in [-0.25, -0.2) is 4.31 Å². The highest BCUT2D eigenvalue weighted by Gasteiger charge is 2.58. The Labute approximate surface area is 209 Å². The molecule has 2 aliphatic heterocycles. The van der Waals surface area contributed by atoms with E-state index in [1.54, 1.807) is 8.61 Å². The lowest BCUT2D eigenvalue weighted by atomic mass is 9.67. The molecule has 186 valence electrons. The Morgan fingerprint density at radius 2 is 1.72 bits per heavy atom. The Morgan fingerprint density at radius 1 is 0.944 bits per heavy atom. The van der Waals surface area contributed by atoms with E-state index in [4.69, 9.17) is 4.74 Å². The predicted octanol–water partition coefficient (Wildman–Crippen LogP) is 3.71. The van der Waals surface area contributed by atoms with Crippen molar-refractivity contribution in [1.29, 1.82) is 0 Å². The van der Waals surface area contributed by atoms with Gasteiger partial charge in [0.15, 0.2) is 0 Å². The van der Waals surface area contributed by atoms with E-state index >= 15 is 0 Å². The van der Waals surface area contributed by atoms with Crippen molar-refractivity contribution >= 4 is 37.7 Å². The van der Waals surface area contributed by atoms with Gasteiger partial charge in [0.05, 0.1) is 48.4 Å². The molecule has 3 fully saturated rings. The third-order valence-corrected chi connectivity index (χ3v) is 11.1. The van der Waals surface area contributed by atoms with Crippen LogP contribution in [0.25, 0.3) is 21.8 Å². The van der Waals surface area contributed by atoms with Gasteiger partial charge in [-0.1, -0.05) is 6.07 Å². The quantitative estimate of drug-likeness (QED) is 0.442. The molecule has 2 unspecified atom stereocenters. The van der Waals surface area contributed by atoms with Gasteiger partial charge < -0.3 is 4.74 Å². The van der Waals surface area contributed by atoms with Gasteiger partial charge in [-0.3, -0.25) is 10.2 Å². The average molecular weight is 505 g/mol. The van der Waals surface area contributed by atoms with Gasteiger partial charge in [0.2, 0.25) is 0 Å². The van der Waals surface area contributed by atoms with Crippen LogP contribution in [0.3, 0.4) is 0 Å². The average Bonchev–Trinajstić information content (AvgIpc) is 3.71. The van der Waals surface area contributed by atoms with E-state index in [1.165, 1.54) is 19.3 Å². The van der Waals surface area contributed by atoms with Crippen LogP contribution in [0.1, 0.15) is 42.3 Å². The SMILES string of the molecule is O=S(=O)(N1CCOCC1)N1c2ccc3[nH]ncc3c2[C@H]2C3CCC(C3)[C@H]2[C@@H]1c1ccc2[nH]ncc2c1. The van der Waals surface area contributed by atoms with Crippen molar-refractivity contribution in [3.05, 3.63) is 53.9 Å². The van der Waals surface area contributed by atoms with E-state index in [9.17, 15) is 8.42 Å². The molecule has 0 amide bonds. The van der Waals surface area contributed by atoms with Crippen LogP contribution in [0, 0.1) is 17.8 Å². The number of ether oxygens (including phenoxy) is 1. The Bertz CT molecular complexity index is 1590. The molecular weight excluding hydrogens is 476 g/mol. The summed E-state index contributed by atoms with van der Waals surface area (Å²) in [7, 11) is -3.81. The van der Waals surface area contributed by atoms with Crippen molar-refractivity contribution in [3.8, 4) is 0 Å². The van der Waals surface area contributed by atoms with E-state index in [-0.39, 0.29) is 12.0 Å². The second-order valence-corrected chi connectivity index (χ2v) is 12.5. The number of aromatic amines is 2. The highest BCUT2D eigenvalue weighted by molar-refractivity contribution is 7.90. The number of aromatic nitrogens is 4. The number of nitrogens with zero attached hydrogens (tertiary/aromatic N) is 4. The number of hydrogen-bond donors (Lipinski definition) is 2. The Balaban J connectivity index is 1.41. The van der Waals surface area contributed by atoms with Gasteiger partial charge in [0, 0.05) is 23.9 Å². The predicted molar refractivity (Wildman–Crippen MR) is 136 cm³/mol. The smallest absolute Gasteiger partial charge is 0.304 e. The summed E-state index contributed by atoms with van der Waals surface area (Å²) in [5.74, 6) is 1.62. The number of hydrogen-bond acceptors (Lipinski definition) is 5. The van der Waals surface area contributed by atoms with E-state index in [2.05, 4.69) is 32.5 Å². The maximum atomic E-state index is 14.5. The molecule has 0 radical (unpaired) electrons. The van der Waals surface area contributed by atoms with Crippen molar-refractivity contribution in [2.45, 2.75) is 31.2 Å². The van der Waals surface area contributed by atoms with Crippen LogP contribution in [0.15, 0.2) is 42.7 Å². The van der Waals surface area contributed by atoms with Crippen molar-refractivity contribution < 1.29 is 13.2 Å². The number of anilines is 1. The zero-order chi connectivity index (χ0) is 24.0. The number of morpholine rings is 1. The highest BCUT2D eigenvalue weighted by Crippen LogP contribution is 2.66. The Kier molecular flexibility index (Phi) is 4.43. The molecule has 4 aliphatic rings. The summed E-state index contributed by atoms with van der Waals surface area (Å²) < 4.78 is 37.9. The van der Waals surface area contributed by atoms with Crippen molar-refractivity contribution in [1.82, 2.24) is 24.7 Å². The molecule has 2 aliphatic carbocycles. The topological polar surface area (TPSA) is 107 Å². The second-order valence-electron chi connectivity index (χ2n) is 10.7. The third-order valence-electron chi connectivity index (χ3n) is 9.16. The number of benzene rings is 2. The molecule has 2 N–H and O–H groups in total. The van der Waals surface area contributed by atoms with Crippen LogP contribution in [0.5, 0.6) is 0 Å². The second kappa shape index (κ2) is 7.53. The fourth-order valence-corrected chi connectivity index (χ4v) is 9.58. The van der Waals surface area contributed by atoms with Crippen molar-refractivity contribution in [2.24, 2.45) is 17.8 Å². The first kappa shape index (κ1) is 21.2. The molecule has 8 rings (SSSR count). The van der Waals surface area contributed by atoms with E-state index in [0.29, 0.717) is 44.1 Å².